The van der Waals surface area contributed by atoms with Crippen molar-refractivity contribution >= 4 is 216 Å². The number of fused-ring (bicyclic) bond motifs is 6. The number of nitrogens with zero attached hydrogens (tertiary/aromatic N) is 16. The minimum Gasteiger partial charge on any atom is -0.444 e. The van der Waals surface area contributed by atoms with Crippen molar-refractivity contribution in [1.29, 1.82) is 5.41 Å². The molecule has 0 unspecified atom stereocenters. The summed E-state index contributed by atoms with van der Waals surface area (Å²) in [5.74, 6) is 1.77. The third-order valence-corrected chi connectivity index (χ3v) is 27.0. The number of H-pyrrole nitrogens is 2. The van der Waals surface area contributed by atoms with E-state index in [0.29, 0.717) is 116 Å². The molecule has 12 heterocycles. The van der Waals surface area contributed by atoms with Crippen molar-refractivity contribution in [2.24, 2.45) is 17.8 Å². The fraction of sp³-hybridized carbons (Fsp3) is 0.468. The molecule has 3 saturated heterocycles. The second kappa shape index (κ2) is 39.4. The zero-order valence-electron chi connectivity index (χ0n) is 69.1. The van der Waals surface area contributed by atoms with Gasteiger partial charge in [0.05, 0.1) is 52.0 Å². The first-order valence-electron chi connectivity index (χ1n) is 39.3. The molecule has 0 aliphatic carbocycles. The molecule has 33 nitrogen and oxygen atoms in total. The van der Waals surface area contributed by atoms with E-state index < -0.39 is 53.2 Å². The Labute approximate surface area is 737 Å². The number of carbonyl (C=O) groups is 6. The summed E-state index contributed by atoms with van der Waals surface area (Å²) >= 11 is 27.7. The van der Waals surface area contributed by atoms with Gasteiger partial charge in [0.25, 0.3) is 0 Å². The van der Waals surface area contributed by atoms with Gasteiger partial charge in [-0.15, -0.1) is 34.0 Å². The maximum absolute atomic E-state index is 13.0. The lowest BCUT2D eigenvalue weighted by Gasteiger charge is -2.34. The molecule has 644 valence electrons. The molecule has 3 atom stereocenters. The number of amides is 6. The monoisotopic (exact) mass is 1820 g/mol. The van der Waals surface area contributed by atoms with Crippen LogP contribution in [0.2, 0.25) is 15.1 Å². The maximum Gasteiger partial charge on any atom is 0.408 e. The van der Waals surface area contributed by atoms with E-state index in [9.17, 15) is 28.8 Å². The number of benzene rings is 3. The molecule has 3 aromatic carbocycles. The van der Waals surface area contributed by atoms with Crippen molar-refractivity contribution in [3.8, 4) is 0 Å². The number of hydrogen-bond acceptors (Lipinski definition) is 29. The number of piperidine rings is 3. The third kappa shape index (κ3) is 24.1. The molecule has 9 aromatic heterocycles. The van der Waals surface area contributed by atoms with Crippen LogP contribution in [0.4, 0.5) is 26.0 Å². The first-order chi connectivity index (χ1) is 57.4. The summed E-state index contributed by atoms with van der Waals surface area (Å²) in [5.41, 5.74) is 16.5. The van der Waals surface area contributed by atoms with Gasteiger partial charge in [-0.25, -0.2) is 69.2 Å². The third-order valence-electron chi connectivity index (χ3n) is 19.5. The van der Waals surface area contributed by atoms with Gasteiger partial charge in [0.2, 0.25) is 17.7 Å². The van der Waals surface area contributed by atoms with Crippen LogP contribution >= 0.6 is 104 Å². The van der Waals surface area contributed by atoms with E-state index >= 15 is 0 Å². The van der Waals surface area contributed by atoms with Crippen molar-refractivity contribution in [1.82, 2.24) is 105 Å². The Morgan fingerprint density at radius 2 is 0.909 bits per heavy atom. The molecule has 12 aromatic rings. The van der Waals surface area contributed by atoms with Crippen molar-refractivity contribution in [3.05, 3.63) is 94.1 Å². The summed E-state index contributed by atoms with van der Waals surface area (Å²) in [7, 11) is 0. The second-order valence-electron chi connectivity index (χ2n) is 32.2. The Kier molecular flexibility index (Phi) is 29.5. The Balaban J connectivity index is 0.000000155. The highest BCUT2D eigenvalue weighted by atomic mass is 35.5. The van der Waals surface area contributed by atoms with Crippen LogP contribution in [0, 0.1) is 23.2 Å². The summed E-state index contributed by atoms with van der Waals surface area (Å²) < 4.78 is 25.1. The highest BCUT2D eigenvalue weighted by Crippen LogP contribution is 2.42. The van der Waals surface area contributed by atoms with E-state index in [1.165, 1.54) is 88.4 Å². The van der Waals surface area contributed by atoms with Gasteiger partial charge in [0.15, 0.2) is 68.1 Å². The van der Waals surface area contributed by atoms with Gasteiger partial charge in [0.1, 0.15) is 58.6 Å². The highest BCUT2D eigenvalue weighted by Gasteiger charge is 2.34. The smallest absolute Gasteiger partial charge is 0.408 e. The van der Waals surface area contributed by atoms with Crippen molar-refractivity contribution in [2.75, 3.05) is 50.7 Å². The van der Waals surface area contributed by atoms with E-state index in [1.54, 1.807) is 99.2 Å². The lowest BCUT2D eigenvalue weighted by atomic mass is 9.94. The van der Waals surface area contributed by atoms with Gasteiger partial charge >= 0.3 is 18.3 Å². The molecule has 3 aliphatic rings. The van der Waals surface area contributed by atoms with E-state index in [-0.39, 0.29) is 29.1 Å². The molecule has 10 N–H and O–H groups in total. The molecule has 0 radical (unpaired) electrons. The average Bonchev–Trinajstić information content (AvgIpc) is 1.63. The standard InChI is InChI=1S/2C26H31ClN8O3S2.C15H28N2O3.C12H7ClN6S2/c1-14(30-24(37)38-26(2,3)4)22(36)34-10-8-15(9-11-34)12-35-13-29-20(28)18-21(35)33-23(32-18)40-25-31-17-7-5-6-16(27)19(17)39-25;1-14(31-24(37)38-26(2,3)4)22(36)34-10-8-15(9-11-34)12-35-21-18(20(28)29-13-30-21)33-23(35)40-25-32-17-7-5-6-16(27)19(17)39-25;1-6-12-7-9-17(10-8-12)13(18)11(2)16-14(19)20-15(3,4)5;13-5-2-1-3-6-8(5)20-12(17-6)21-11-18-7-9(14)15-4-16-10(7)19-11/h5-7,13-15,28H,8-12H2,1-4H3,(H,30,37)(H,32,33);5-7,13-15H,8-12H2,1-4H3,(H,31,37)(H2,28,29,30);11-12H,6-10H2,1-5H3,(H,16,19);1-4H,(H3,14,15,16,18,19)/t2*14-;11-;/m111./s1. The number of anilines is 2. The lowest BCUT2D eigenvalue weighted by Crippen LogP contribution is -2.50. The van der Waals surface area contributed by atoms with Gasteiger partial charge in [0, 0.05) is 52.4 Å². The van der Waals surface area contributed by atoms with Crippen LogP contribution in [-0.2, 0) is 41.7 Å². The van der Waals surface area contributed by atoms with Crippen molar-refractivity contribution < 1.29 is 43.0 Å². The molecular formula is C79H97Cl3N24O9S6. The molecule has 0 spiro atoms. The summed E-state index contributed by atoms with van der Waals surface area (Å²) in [6.07, 6.45) is 9.25. The van der Waals surface area contributed by atoms with E-state index in [2.05, 4.69) is 77.3 Å². The second-order valence-corrected chi connectivity index (χ2v) is 40.2. The summed E-state index contributed by atoms with van der Waals surface area (Å²) in [6, 6.07) is 15.1. The van der Waals surface area contributed by atoms with Crippen LogP contribution in [0.3, 0.4) is 0 Å². The number of halogens is 3. The van der Waals surface area contributed by atoms with Crippen LogP contribution in [0.1, 0.15) is 135 Å². The minimum atomic E-state index is -0.672. The number of rotatable bonds is 17. The van der Waals surface area contributed by atoms with Crippen molar-refractivity contribution in [3.63, 3.8) is 0 Å². The summed E-state index contributed by atoms with van der Waals surface area (Å²) in [4.78, 5) is 134. The van der Waals surface area contributed by atoms with E-state index in [0.717, 1.165) is 106 Å². The predicted octanol–water partition coefficient (Wildman–Crippen LogP) is 15.7. The number of aromatic amines is 2. The first kappa shape index (κ1) is 90.7. The fourth-order valence-electron chi connectivity index (χ4n) is 13.5. The van der Waals surface area contributed by atoms with Gasteiger partial charge in [-0.1, -0.05) is 66.3 Å². The Hall–Kier alpha value is -9.48. The fourth-order valence-corrected chi connectivity index (χ4v) is 20.3. The Morgan fingerprint density at radius 3 is 1.33 bits per heavy atom. The normalized spacial score (nSPS) is 15.3. The zero-order valence-corrected chi connectivity index (χ0v) is 76.2. The number of carbonyl (C=O) groups excluding carboxylic acids is 6. The molecule has 0 saturated carbocycles. The lowest BCUT2D eigenvalue weighted by molar-refractivity contribution is -0.135. The molecule has 15 rings (SSSR count). The quantitative estimate of drug-likeness (QED) is 0.0392. The molecule has 3 aliphatic heterocycles. The predicted molar refractivity (Wildman–Crippen MR) is 475 cm³/mol. The van der Waals surface area contributed by atoms with E-state index in [4.69, 9.17) is 80.8 Å². The molecule has 3 fully saturated rings. The number of nitrogens with one attached hydrogen (secondary N) is 6. The highest BCUT2D eigenvalue weighted by molar-refractivity contribution is 8.01. The Morgan fingerprint density at radius 1 is 0.512 bits per heavy atom. The topological polar surface area (TPSA) is 435 Å². The van der Waals surface area contributed by atoms with Gasteiger partial charge in [-0.05, 0) is 211 Å². The van der Waals surface area contributed by atoms with E-state index in [1.807, 2.05) is 64.1 Å². The number of nitrogens with two attached hydrogens (primary N) is 2. The number of nitrogen functional groups attached to an aromatic ring is 2. The van der Waals surface area contributed by atoms with Crippen LogP contribution < -0.4 is 32.9 Å². The molecule has 121 heavy (non-hydrogen) atoms. The average molecular weight is 1830 g/mol. The number of likely N-dealkylation sites (tertiary alicyclic amines) is 3. The zero-order chi connectivity index (χ0) is 86.9. The van der Waals surface area contributed by atoms with Gasteiger partial charge in [-0.3, -0.25) is 19.8 Å². The SMILES string of the molecule is CCC1CCN(C(=O)[C@@H](C)NC(=O)OC(C)(C)C)CC1.C[C@@H](NC(=O)OC(C)(C)C)C(=O)N1CCC(Cn2c(Sc3nc4cccc(Cl)c4s3)nc3c(N)ncnc32)CC1.C[C@@H](NC(=O)OC(C)(C)C)C(=O)N1CCC(Cn2cnc(=N)c3[nH]c(Sc4nc5cccc(Cl)c5s4)nc32)CC1.Nc1ncnc2nc(Sc3nc4cccc(Cl)c4s3)[nH]c12. The Bertz CT molecular complexity index is 5720. The summed E-state index contributed by atoms with van der Waals surface area (Å²) in [6.45, 7) is 28.6. The molecule has 0 bridgehead atoms. The van der Waals surface area contributed by atoms with Crippen LogP contribution in [0.5, 0.6) is 0 Å². The van der Waals surface area contributed by atoms with Gasteiger partial charge in [-0.2, -0.15) is 0 Å². The largest absolute Gasteiger partial charge is 0.444 e. The number of aromatic nitrogens is 15. The van der Waals surface area contributed by atoms with Crippen LogP contribution in [-0.4, -0.2) is 199 Å². The number of thiazole rings is 3. The minimum absolute atomic E-state index is 0.0228. The number of hydrogen-bond donors (Lipinski definition) is 8. The molecule has 6 amide bonds. The maximum atomic E-state index is 13.0. The van der Waals surface area contributed by atoms with Gasteiger partial charge < -0.3 is 75.4 Å². The first-order valence-corrected chi connectivity index (χ1v) is 45.4. The van der Waals surface area contributed by atoms with Crippen LogP contribution in [0.25, 0.3) is 64.1 Å². The number of imidazole rings is 3. The number of ether oxygens (including phenoxy) is 3. The van der Waals surface area contributed by atoms with Crippen molar-refractivity contribution in [2.45, 2.75) is 211 Å². The van der Waals surface area contributed by atoms with Crippen LogP contribution in [0.15, 0.2) is 102 Å². The molecular weight excluding hydrogens is 1730 g/mol. The molecule has 42 heteroatoms. The summed E-state index contributed by atoms with van der Waals surface area (Å²) in [5, 5.41) is 20.2. The number of alkyl carbamates (subject to hydrolysis) is 3.